The summed E-state index contributed by atoms with van der Waals surface area (Å²) in [7, 11) is 0. The molecule has 5 saturated carbocycles. The van der Waals surface area contributed by atoms with Gasteiger partial charge in [-0.1, -0.05) is 109 Å². The van der Waals surface area contributed by atoms with Crippen LogP contribution in [0.4, 0.5) is 0 Å². The lowest BCUT2D eigenvalue weighted by Gasteiger charge is -2.63. The highest BCUT2D eigenvalue weighted by molar-refractivity contribution is 5.69. The van der Waals surface area contributed by atoms with Gasteiger partial charge in [0.25, 0.3) is 0 Å². The first-order valence-corrected chi connectivity index (χ1v) is 21.7. The molecule has 5 aliphatic carbocycles. The Morgan fingerprint density at radius 3 is 2.12 bits per heavy atom. The van der Waals surface area contributed by atoms with Crippen molar-refractivity contribution in [1.82, 2.24) is 0 Å². The molecule has 0 unspecified atom stereocenters. The maximum atomic E-state index is 13.2. The van der Waals surface area contributed by atoms with Gasteiger partial charge in [-0.05, 0) is 168 Å². The standard InChI is InChI=1S/C48H78O2/c1-9-10-11-12-13-14-15-16-17-18-19-20-21-22-23-27-43(49)50-42-31-33-47-36-48(47)35-34-45(7)39(38(4)26-24-25-37(2)3)30-32-46(45,8)41(48)29-28-40(47)44(42,5)6/h10-11,13-14,16-17,25,38-42H,9,12,15,18-24,26-36H2,1-8H3/b11-10-,14-13-,17-16-/t38-,39-,40+,41+,42+,45-,46+,47-,48+/m1/s1. The SMILES string of the molecule is CC/C=C\C/C=C\C/C=C\CCCCCCCC(=O)O[C@H]1CC[C@]23C[C@]24CC[C@]2(C)[C@@H]([C@H](C)CCC=C(C)C)CC[C@@]2(C)[C@@H]4CC[C@H]3C1(C)C. The highest BCUT2D eigenvalue weighted by atomic mass is 16.5. The van der Waals surface area contributed by atoms with Crippen LogP contribution in [-0.4, -0.2) is 12.1 Å². The van der Waals surface area contributed by atoms with Crippen molar-refractivity contribution in [1.29, 1.82) is 0 Å². The third-order valence-electron chi connectivity index (χ3n) is 16.3. The molecule has 0 amide bonds. The van der Waals surface area contributed by atoms with Gasteiger partial charge in [-0.3, -0.25) is 4.79 Å². The van der Waals surface area contributed by atoms with Gasteiger partial charge in [-0.15, -0.1) is 0 Å². The van der Waals surface area contributed by atoms with Crippen molar-refractivity contribution in [2.24, 2.45) is 50.7 Å². The van der Waals surface area contributed by atoms with Crippen molar-refractivity contribution in [3.05, 3.63) is 48.1 Å². The largest absolute Gasteiger partial charge is 0.462 e. The average molecular weight is 687 g/mol. The summed E-state index contributed by atoms with van der Waals surface area (Å²) in [4.78, 5) is 13.2. The lowest BCUT2D eigenvalue weighted by Crippen LogP contribution is -2.58. The van der Waals surface area contributed by atoms with Crippen molar-refractivity contribution < 1.29 is 9.53 Å². The molecule has 0 aliphatic heterocycles. The summed E-state index contributed by atoms with van der Waals surface area (Å²) < 4.78 is 6.40. The van der Waals surface area contributed by atoms with E-state index < -0.39 is 0 Å². The number of fused-ring (bicyclic) bond motifs is 2. The minimum atomic E-state index is 0.0658. The van der Waals surface area contributed by atoms with Gasteiger partial charge >= 0.3 is 5.97 Å². The minimum absolute atomic E-state index is 0.0658. The predicted octanol–water partition coefficient (Wildman–Crippen LogP) is 14.3. The van der Waals surface area contributed by atoms with Gasteiger partial charge in [0.05, 0.1) is 0 Å². The Morgan fingerprint density at radius 1 is 0.720 bits per heavy atom. The molecule has 282 valence electrons. The van der Waals surface area contributed by atoms with E-state index in [9.17, 15) is 4.79 Å². The molecule has 0 N–H and O–H groups in total. The molecular weight excluding hydrogens is 609 g/mol. The van der Waals surface area contributed by atoms with E-state index in [1.807, 2.05) is 0 Å². The van der Waals surface area contributed by atoms with Crippen LogP contribution in [0.3, 0.4) is 0 Å². The van der Waals surface area contributed by atoms with Crippen molar-refractivity contribution in [2.45, 2.75) is 196 Å². The van der Waals surface area contributed by atoms with Crippen LogP contribution < -0.4 is 0 Å². The quantitative estimate of drug-likeness (QED) is 0.0815. The van der Waals surface area contributed by atoms with E-state index in [2.05, 4.69) is 97.9 Å². The zero-order chi connectivity index (χ0) is 36.0. The van der Waals surface area contributed by atoms with Crippen LogP contribution in [0.1, 0.15) is 190 Å². The normalized spacial score (nSPS) is 37.7. The van der Waals surface area contributed by atoms with E-state index in [1.54, 1.807) is 0 Å². The summed E-state index contributed by atoms with van der Waals surface area (Å²) >= 11 is 0. The van der Waals surface area contributed by atoms with Gasteiger partial charge in [0, 0.05) is 11.8 Å². The Hall–Kier alpha value is -1.57. The smallest absolute Gasteiger partial charge is 0.306 e. The fourth-order valence-corrected chi connectivity index (χ4v) is 13.4. The summed E-state index contributed by atoms with van der Waals surface area (Å²) in [5, 5.41) is 0. The molecular formula is C48H78O2. The van der Waals surface area contributed by atoms with Crippen molar-refractivity contribution in [3.8, 4) is 0 Å². The second-order valence-electron chi connectivity index (χ2n) is 19.4. The third kappa shape index (κ3) is 7.72. The molecule has 5 aliphatic rings. The molecule has 0 radical (unpaired) electrons. The zero-order valence-electron chi connectivity index (χ0n) is 34.1. The van der Waals surface area contributed by atoms with Crippen molar-refractivity contribution in [2.75, 3.05) is 0 Å². The summed E-state index contributed by atoms with van der Waals surface area (Å²) in [6.07, 6.45) is 42.0. The van der Waals surface area contributed by atoms with Crippen LogP contribution in [0.2, 0.25) is 0 Å². The molecule has 5 rings (SSSR count). The number of rotatable bonds is 18. The number of allylic oxidation sites excluding steroid dienone is 8. The fourth-order valence-electron chi connectivity index (χ4n) is 13.4. The maximum Gasteiger partial charge on any atom is 0.306 e. The van der Waals surface area contributed by atoms with Crippen molar-refractivity contribution >= 4 is 5.97 Å². The van der Waals surface area contributed by atoms with Crippen LogP contribution >= 0.6 is 0 Å². The van der Waals surface area contributed by atoms with E-state index in [0.717, 1.165) is 56.3 Å². The highest BCUT2D eigenvalue weighted by Crippen LogP contribution is 2.89. The highest BCUT2D eigenvalue weighted by Gasteiger charge is 2.82. The Kier molecular flexibility index (Phi) is 13.2. The molecule has 50 heavy (non-hydrogen) atoms. The first-order valence-electron chi connectivity index (χ1n) is 21.7. The number of carbonyl (C=O) groups is 1. The van der Waals surface area contributed by atoms with E-state index in [1.165, 1.54) is 95.5 Å². The van der Waals surface area contributed by atoms with Crippen LogP contribution in [0.5, 0.6) is 0 Å². The second kappa shape index (κ2) is 16.6. The van der Waals surface area contributed by atoms with Gasteiger partial charge in [0.1, 0.15) is 6.10 Å². The lowest BCUT2D eigenvalue weighted by atomic mass is 9.41. The van der Waals surface area contributed by atoms with Crippen LogP contribution in [0.25, 0.3) is 0 Å². The molecule has 2 nitrogen and oxygen atoms in total. The molecule has 9 atom stereocenters. The number of hydrogen-bond acceptors (Lipinski definition) is 2. The molecule has 0 aromatic heterocycles. The van der Waals surface area contributed by atoms with Crippen molar-refractivity contribution in [3.63, 3.8) is 0 Å². The topological polar surface area (TPSA) is 26.3 Å². The third-order valence-corrected chi connectivity index (χ3v) is 16.3. The molecule has 0 heterocycles. The zero-order valence-corrected chi connectivity index (χ0v) is 34.1. The van der Waals surface area contributed by atoms with Gasteiger partial charge in [0.15, 0.2) is 0 Å². The number of esters is 1. The molecule has 0 saturated heterocycles. The van der Waals surface area contributed by atoms with Crippen LogP contribution in [0.15, 0.2) is 48.1 Å². The molecule has 2 heteroatoms. The average Bonchev–Trinajstić information content (AvgIpc) is 3.65. The number of hydrogen-bond donors (Lipinski definition) is 0. The van der Waals surface area contributed by atoms with Gasteiger partial charge in [0.2, 0.25) is 0 Å². The van der Waals surface area contributed by atoms with Gasteiger partial charge in [-0.25, -0.2) is 0 Å². The van der Waals surface area contributed by atoms with E-state index >= 15 is 0 Å². The second-order valence-corrected chi connectivity index (χ2v) is 19.4. The summed E-state index contributed by atoms with van der Waals surface area (Å²) in [5.41, 5.74) is 3.61. The Bertz CT molecular complexity index is 1250. The first-order chi connectivity index (χ1) is 23.9. The minimum Gasteiger partial charge on any atom is -0.462 e. The van der Waals surface area contributed by atoms with E-state index in [4.69, 9.17) is 4.74 Å². The van der Waals surface area contributed by atoms with Crippen LogP contribution in [-0.2, 0) is 9.53 Å². The maximum absolute atomic E-state index is 13.2. The lowest BCUT2D eigenvalue weighted by molar-refractivity contribution is -0.183. The molecule has 0 bridgehead atoms. The Labute approximate surface area is 309 Å². The number of unbranched alkanes of at least 4 members (excludes halogenated alkanes) is 5. The fraction of sp³-hybridized carbons (Fsp3) is 0.812. The Morgan fingerprint density at radius 2 is 1.38 bits per heavy atom. The summed E-state index contributed by atoms with van der Waals surface area (Å²) in [6.45, 7) is 19.7. The van der Waals surface area contributed by atoms with E-state index in [-0.39, 0.29) is 17.5 Å². The van der Waals surface area contributed by atoms with E-state index in [0.29, 0.717) is 34.0 Å². The molecule has 2 spiro atoms. The molecule has 0 aromatic rings. The number of carbonyl (C=O) groups excluding carboxylic acids is 1. The molecule has 0 aromatic carbocycles. The van der Waals surface area contributed by atoms with Gasteiger partial charge in [-0.2, -0.15) is 0 Å². The Balaban J connectivity index is 1.05. The predicted molar refractivity (Wildman–Crippen MR) is 214 cm³/mol. The molecule has 5 fully saturated rings. The summed E-state index contributed by atoms with van der Waals surface area (Å²) in [6, 6.07) is 0. The number of ether oxygens (including phenoxy) is 1. The monoisotopic (exact) mass is 687 g/mol. The first kappa shape index (κ1) is 39.6. The van der Waals surface area contributed by atoms with Gasteiger partial charge < -0.3 is 4.74 Å². The van der Waals surface area contributed by atoms with Crippen LogP contribution in [0, 0.1) is 50.7 Å². The summed E-state index contributed by atoms with van der Waals surface area (Å²) in [5.74, 6) is 3.37.